The Kier molecular flexibility index (Phi) is 2.76. The molecule has 0 amide bonds. The highest BCUT2D eigenvalue weighted by Crippen LogP contribution is 2.11. The van der Waals surface area contributed by atoms with E-state index in [1.54, 1.807) is 0 Å². The largest absolute Gasteiger partial charge is 0.378 e. The number of rotatable bonds is 2. The summed E-state index contributed by atoms with van der Waals surface area (Å²) in [5.74, 6) is 2.62. The van der Waals surface area contributed by atoms with Crippen LogP contribution in [0.15, 0.2) is 24.3 Å². The SMILES string of the molecule is C#CCc1ccc(N(C)C)cc1. The molecule has 1 heteroatoms. The number of nitrogens with zero attached hydrogens (tertiary/aromatic N) is 1. The van der Waals surface area contributed by atoms with E-state index in [1.165, 1.54) is 11.3 Å². The van der Waals surface area contributed by atoms with Gasteiger partial charge in [0, 0.05) is 26.2 Å². The molecule has 0 N–H and O–H groups in total. The van der Waals surface area contributed by atoms with Crippen molar-refractivity contribution in [3.8, 4) is 12.3 Å². The molecule has 0 saturated heterocycles. The van der Waals surface area contributed by atoms with Crippen molar-refractivity contribution in [2.24, 2.45) is 0 Å². The molecule has 1 aromatic rings. The minimum atomic E-state index is 0.716. The molecular weight excluding hydrogens is 146 g/mol. The minimum Gasteiger partial charge on any atom is -0.378 e. The molecule has 0 unspecified atom stereocenters. The zero-order chi connectivity index (χ0) is 8.97. The predicted octanol–water partition coefficient (Wildman–Crippen LogP) is 1.93. The molecule has 0 aromatic heterocycles. The molecule has 0 bridgehead atoms. The summed E-state index contributed by atoms with van der Waals surface area (Å²) in [7, 11) is 4.05. The Labute approximate surface area is 74.0 Å². The summed E-state index contributed by atoms with van der Waals surface area (Å²) < 4.78 is 0. The van der Waals surface area contributed by atoms with Crippen molar-refractivity contribution in [2.45, 2.75) is 6.42 Å². The molecule has 0 saturated carbocycles. The van der Waals surface area contributed by atoms with Crippen molar-refractivity contribution in [3.63, 3.8) is 0 Å². The highest BCUT2D eigenvalue weighted by Gasteiger charge is 1.93. The molecule has 0 spiro atoms. The molecule has 0 aliphatic heterocycles. The Balaban J connectivity index is 2.80. The average molecular weight is 159 g/mol. The summed E-state index contributed by atoms with van der Waals surface area (Å²) in [6, 6.07) is 8.28. The molecule has 0 aliphatic carbocycles. The second-order valence-electron chi connectivity index (χ2n) is 2.94. The molecule has 12 heavy (non-hydrogen) atoms. The lowest BCUT2D eigenvalue weighted by Crippen LogP contribution is -2.08. The van der Waals surface area contributed by atoms with E-state index in [-0.39, 0.29) is 0 Å². The van der Waals surface area contributed by atoms with Gasteiger partial charge in [-0.3, -0.25) is 0 Å². The summed E-state index contributed by atoms with van der Waals surface area (Å²) in [6.07, 6.45) is 5.91. The van der Waals surface area contributed by atoms with E-state index in [1.807, 2.05) is 14.1 Å². The molecule has 62 valence electrons. The first-order valence-corrected chi connectivity index (χ1v) is 3.94. The summed E-state index contributed by atoms with van der Waals surface area (Å²) >= 11 is 0. The van der Waals surface area contributed by atoms with Gasteiger partial charge in [-0.2, -0.15) is 0 Å². The lowest BCUT2D eigenvalue weighted by Gasteiger charge is -2.11. The van der Waals surface area contributed by atoms with Crippen LogP contribution < -0.4 is 4.90 Å². The Bertz CT molecular complexity index is 277. The van der Waals surface area contributed by atoms with Crippen molar-refractivity contribution < 1.29 is 0 Å². The maximum absolute atomic E-state index is 5.20. The summed E-state index contributed by atoms with van der Waals surface area (Å²) in [5.41, 5.74) is 2.40. The van der Waals surface area contributed by atoms with Crippen molar-refractivity contribution in [3.05, 3.63) is 29.8 Å². The smallest absolute Gasteiger partial charge is 0.0361 e. The van der Waals surface area contributed by atoms with Crippen LogP contribution in [0.1, 0.15) is 5.56 Å². The maximum Gasteiger partial charge on any atom is 0.0361 e. The Morgan fingerprint density at radius 3 is 2.25 bits per heavy atom. The van der Waals surface area contributed by atoms with E-state index >= 15 is 0 Å². The molecule has 1 aromatic carbocycles. The monoisotopic (exact) mass is 159 g/mol. The number of benzene rings is 1. The fraction of sp³-hybridized carbons (Fsp3) is 0.273. The first-order chi connectivity index (χ1) is 5.74. The van der Waals surface area contributed by atoms with Crippen LogP contribution in [0.25, 0.3) is 0 Å². The van der Waals surface area contributed by atoms with Crippen LogP contribution >= 0.6 is 0 Å². The Hall–Kier alpha value is -1.42. The van der Waals surface area contributed by atoms with E-state index in [4.69, 9.17) is 6.42 Å². The van der Waals surface area contributed by atoms with Crippen molar-refractivity contribution in [1.29, 1.82) is 0 Å². The number of anilines is 1. The van der Waals surface area contributed by atoms with Crippen LogP contribution in [0.5, 0.6) is 0 Å². The maximum atomic E-state index is 5.20. The number of hydrogen-bond donors (Lipinski definition) is 0. The van der Waals surface area contributed by atoms with Crippen molar-refractivity contribution >= 4 is 5.69 Å². The molecule has 0 heterocycles. The molecule has 0 radical (unpaired) electrons. The molecule has 0 aliphatic rings. The van der Waals surface area contributed by atoms with E-state index in [0.717, 1.165) is 0 Å². The first kappa shape index (κ1) is 8.67. The van der Waals surface area contributed by atoms with Crippen LogP contribution in [0.2, 0.25) is 0 Å². The molecular formula is C11H13N. The van der Waals surface area contributed by atoms with Crippen LogP contribution in [0, 0.1) is 12.3 Å². The average Bonchev–Trinajstić information content (AvgIpc) is 2.06. The van der Waals surface area contributed by atoms with Crippen molar-refractivity contribution in [1.82, 2.24) is 0 Å². The molecule has 1 nitrogen and oxygen atoms in total. The van der Waals surface area contributed by atoms with Crippen molar-refractivity contribution in [2.75, 3.05) is 19.0 Å². The zero-order valence-corrected chi connectivity index (χ0v) is 7.54. The van der Waals surface area contributed by atoms with Gasteiger partial charge in [0.1, 0.15) is 0 Å². The highest BCUT2D eigenvalue weighted by molar-refractivity contribution is 5.46. The van der Waals surface area contributed by atoms with Gasteiger partial charge in [0.25, 0.3) is 0 Å². The van der Waals surface area contributed by atoms with Crippen LogP contribution in [-0.2, 0) is 6.42 Å². The normalized spacial score (nSPS) is 9.08. The van der Waals surface area contributed by atoms with Gasteiger partial charge in [-0.15, -0.1) is 12.3 Å². The molecule has 1 rings (SSSR count). The Morgan fingerprint density at radius 1 is 1.25 bits per heavy atom. The summed E-state index contributed by atoms with van der Waals surface area (Å²) in [6.45, 7) is 0. The lowest BCUT2D eigenvalue weighted by molar-refractivity contribution is 1.13. The predicted molar refractivity (Wildman–Crippen MR) is 53.3 cm³/mol. The third-order valence-corrected chi connectivity index (χ3v) is 1.76. The van der Waals surface area contributed by atoms with Gasteiger partial charge < -0.3 is 4.90 Å². The van der Waals surface area contributed by atoms with Crippen LogP contribution in [-0.4, -0.2) is 14.1 Å². The Morgan fingerprint density at radius 2 is 1.83 bits per heavy atom. The van der Waals surface area contributed by atoms with Gasteiger partial charge >= 0.3 is 0 Å². The van der Waals surface area contributed by atoms with E-state index in [2.05, 4.69) is 35.1 Å². The van der Waals surface area contributed by atoms with E-state index in [0.29, 0.717) is 6.42 Å². The fourth-order valence-electron chi connectivity index (χ4n) is 1.03. The van der Waals surface area contributed by atoms with E-state index in [9.17, 15) is 0 Å². The highest BCUT2D eigenvalue weighted by atomic mass is 15.1. The second-order valence-corrected chi connectivity index (χ2v) is 2.94. The van der Waals surface area contributed by atoms with E-state index < -0.39 is 0 Å². The van der Waals surface area contributed by atoms with Gasteiger partial charge in [-0.1, -0.05) is 12.1 Å². The fourth-order valence-corrected chi connectivity index (χ4v) is 1.03. The summed E-state index contributed by atoms with van der Waals surface area (Å²) in [4.78, 5) is 2.07. The minimum absolute atomic E-state index is 0.716. The quantitative estimate of drug-likeness (QED) is 0.596. The first-order valence-electron chi connectivity index (χ1n) is 3.94. The third-order valence-electron chi connectivity index (χ3n) is 1.76. The lowest BCUT2D eigenvalue weighted by atomic mass is 10.1. The number of hydrogen-bond acceptors (Lipinski definition) is 1. The molecule has 0 atom stereocenters. The zero-order valence-electron chi connectivity index (χ0n) is 7.54. The molecule has 0 fully saturated rings. The van der Waals surface area contributed by atoms with Crippen LogP contribution in [0.4, 0.5) is 5.69 Å². The van der Waals surface area contributed by atoms with Crippen LogP contribution in [0.3, 0.4) is 0 Å². The number of terminal acetylenes is 1. The van der Waals surface area contributed by atoms with Gasteiger partial charge in [0.05, 0.1) is 0 Å². The van der Waals surface area contributed by atoms with Gasteiger partial charge in [0.15, 0.2) is 0 Å². The van der Waals surface area contributed by atoms with Gasteiger partial charge in [-0.25, -0.2) is 0 Å². The van der Waals surface area contributed by atoms with Gasteiger partial charge in [-0.05, 0) is 17.7 Å². The van der Waals surface area contributed by atoms with Gasteiger partial charge in [0.2, 0.25) is 0 Å². The standard InChI is InChI=1S/C11H13N/c1-4-5-10-6-8-11(9-7-10)12(2)3/h1,6-9H,5H2,2-3H3. The third kappa shape index (κ3) is 2.03. The summed E-state index contributed by atoms with van der Waals surface area (Å²) in [5, 5.41) is 0. The topological polar surface area (TPSA) is 3.24 Å². The second kappa shape index (κ2) is 3.82.